The molecular weight excluding hydrogens is 389 g/mol. The average molecular weight is 406 g/mol. The van der Waals surface area contributed by atoms with Gasteiger partial charge in [0.05, 0.1) is 24.3 Å². The molecule has 1 atom stereocenters. The molecule has 0 aromatic heterocycles. The first-order chi connectivity index (χ1) is 13.3. The standard InChI is InChI=1S/C20H17F3N2O2S/c1-12-16(18(26)27-2)17(14-10-6-7-11-15(14)20(21,22)23)24-19(28)25(12)13-8-4-3-5-9-13/h3-11,17H,1-2H3,(H,24,28)/t17-/m1/s1. The summed E-state index contributed by atoms with van der Waals surface area (Å²) in [5.74, 6) is -0.726. The number of benzene rings is 2. The molecule has 0 amide bonds. The van der Waals surface area contributed by atoms with Gasteiger partial charge in [0.15, 0.2) is 5.11 Å². The van der Waals surface area contributed by atoms with Gasteiger partial charge >= 0.3 is 12.1 Å². The van der Waals surface area contributed by atoms with Crippen molar-refractivity contribution in [3.05, 3.63) is 77.0 Å². The Morgan fingerprint density at radius 2 is 1.71 bits per heavy atom. The fraction of sp³-hybridized carbons (Fsp3) is 0.200. The minimum Gasteiger partial charge on any atom is -0.466 e. The van der Waals surface area contributed by atoms with E-state index in [1.165, 1.54) is 25.3 Å². The molecule has 1 aliphatic rings. The van der Waals surface area contributed by atoms with E-state index in [4.69, 9.17) is 17.0 Å². The van der Waals surface area contributed by atoms with Crippen LogP contribution < -0.4 is 10.2 Å². The Balaban J connectivity index is 2.20. The predicted molar refractivity (Wildman–Crippen MR) is 104 cm³/mol. The fourth-order valence-electron chi connectivity index (χ4n) is 3.25. The van der Waals surface area contributed by atoms with Gasteiger partial charge in [-0.15, -0.1) is 0 Å². The van der Waals surface area contributed by atoms with Crippen LogP contribution >= 0.6 is 12.2 Å². The third-order valence-corrected chi connectivity index (χ3v) is 4.78. The van der Waals surface area contributed by atoms with Crippen LogP contribution in [0.3, 0.4) is 0 Å². The Hall–Kier alpha value is -2.87. The smallest absolute Gasteiger partial charge is 0.416 e. The van der Waals surface area contributed by atoms with Crippen molar-refractivity contribution in [3.8, 4) is 0 Å². The number of anilines is 1. The van der Waals surface area contributed by atoms with Gasteiger partial charge in [0.1, 0.15) is 0 Å². The van der Waals surface area contributed by atoms with Crippen molar-refractivity contribution in [2.75, 3.05) is 12.0 Å². The van der Waals surface area contributed by atoms with Crippen LogP contribution in [0.4, 0.5) is 18.9 Å². The first-order valence-corrected chi connectivity index (χ1v) is 8.77. The van der Waals surface area contributed by atoms with Crippen molar-refractivity contribution < 1.29 is 22.7 Å². The Morgan fingerprint density at radius 3 is 2.32 bits per heavy atom. The second-order valence-electron chi connectivity index (χ2n) is 6.13. The number of halogens is 3. The topological polar surface area (TPSA) is 41.6 Å². The van der Waals surface area contributed by atoms with Crippen LogP contribution in [-0.2, 0) is 15.7 Å². The summed E-state index contributed by atoms with van der Waals surface area (Å²) in [6, 6.07) is 13.0. The molecule has 0 unspecified atom stereocenters. The molecule has 1 aliphatic heterocycles. The van der Waals surface area contributed by atoms with Crippen LogP contribution in [-0.4, -0.2) is 18.2 Å². The number of alkyl halides is 3. The molecule has 2 aromatic rings. The molecule has 4 nitrogen and oxygen atoms in total. The van der Waals surface area contributed by atoms with Crippen LogP contribution in [0.1, 0.15) is 24.1 Å². The predicted octanol–water partition coefficient (Wildman–Crippen LogP) is 4.59. The highest BCUT2D eigenvalue weighted by Crippen LogP contribution is 2.40. The summed E-state index contributed by atoms with van der Waals surface area (Å²) in [5.41, 5.74) is 0.226. The highest BCUT2D eigenvalue weighted by Gasteiger charge is 2.41. The highest BCUT2D eigenvalue weighted by molar-refractivity contribution is 7.80. The van der Waals surface area contributed by atoms with Crippen LogP contribution in [0.15, 0.2) is 65.9 Å². The Bertz CT molecular complexity index is 942. The SMILES string of the molecule is COC(=O)C1=C(C)N(c2ccccc2)C(=S)N[C@@H]1c1ccccc1C(F)(F)F. The number of nitrogens with one attached hydrogen (secondary N) is 1. The number of esters is 1. The van der Waals surface area contributed by atoms with Gasteiger partial charge in [0.25, 0.3) is 0 Å². The van der Waals surface area contributed by atoms with Crippen LogP contribution in [0.5, 0.6) is 0 Å². The number of thiocarbonyl (C=S) groups is 1. The van der Waals surface area contributed by atoms with E-state index in [1.807, 2.05) is 6.07 Å². The van der Waals surface area contributed by atoms with Crippen LogP contribution in [0, 0.1) is 0 Å². The monoisotopic (exact) mass is 406 g/mol. The molecular formula is C20H17F3N2O2S. The van der Waals surface area contributed by atoms with E-state index in [2.05, 4.69) is 5.32 Å². The summed E-state index contributed by atoms with van der Waals surface area (Å²) in [6.45, 7) is 1.63. The van der Waals surface area contributed by atoms with E-state index in [0.29, 0.717) is 11.4 Å². The number of carbonyl (C=O) groups is 1. The van der Waals surface area contributed by atoms with Crippen molar-refractivity contribution in [3.63, 3.8) is 0 Å². The summed E-state index contributed by atoms with van der Waals surface area (Å²) < 4.78 is 45.5. The maximum Gasteiger partial charge on any atom is 0.416 e. The van der Waals surface area contributed by atoms with Gasteiger partial charge in [0.2, 0.25) is 0 Å². The zero-order valence-corrected chi connectivity index (χ0v) is 15.9. The molecule has 0 saturated heterocycles. The van der Waals surface area contributed by atoms with E-state index in [1.54, 1.807) is 36.1 Å². The zero-order chi connectivity index (χ0) is 20.5. The first kappa shape index (κ1) is 19.9. The minimum atomic E-state index is -4.58. The summed E-state index contributed by atoms with van der Waals surface area (Å²) in [7, 11) is 1.19. The van der Waals surface area contributed by atoms with Gasteiger partial charge in [-0.1, -0.05) is 36.4 Å². The van der Waals surface area contributed by atoms with Crippen molar-refractivity contribution in [2.24, 2.45) is 0 Å². The number of para-hydroxylation sites is 1. The molecule has 1 N–H and O–H groups in total. The number of methoxy groups -OCH3 is 1. The van der Waals surface area contributed by atoms with Crippen LogP contribution in [0.25, 0.3) is 0 Å². The van der Waals surface area contributed by atoms with Gasteiger partial charge in [-0.2, -0.15) is 13.2 Å². The summed E-state index contributed by atoms with van der Waals surface area (Å²) in [4.78, 5) is 14.1. The lowest BCUT2D eigenvalue weighted by atomic mass is 9.91. The Kier molecular flexibility index (Phi) is 5.42. The lowest BCUT2D eigenvalue weighted by molar-refractivity contribution is -0.139. The number of rotatable bonds is 3. The molecule has 3 rings (SSSR count). The van der Waals surface area contributed by atoms with Crippen molar-refractivity contribution in [1.82, 2.24) is 5.32 Å². The molecule has 1 heterocycles. The van der Waals surface area contributed by atoms with Gasteiger partial charge in [-0.3, -0.25) is 4.90 Å². The van der Waals surface area contributed by atoms with Gasteiger partial charge in [-0.05, 0) is 42.9 Å². The fourth-order valence-corrected chi connectivity index (χ4v) is 3.61. The third kappa shape index (κ3) is 3.60. The number of hydrogen-bond donors (Lipinski definition) is 1. The molecule has 0 radical (unpaired) electrons. The van der Waals surface area contributed by atoms with Crippen molar-refractivity contribution in [1.29, 1.82) is 0 Å². The van der Waals surface area contributed by atoms with E-state index >= 15 is 0 Å². The third-order valence-electron chi connectivity index (χ3n) is 4.48. The number of ether oxygens (including phenoxy) is 1. The second-order valence-corrected chi connectivity index (χ2v) is 6.52. The van der Waals surface area contributed by atoms with Crippen molar-refractivity contribution in [2.45, 2.75) is 19.1 Å². The lowest BCUT2D eigenvalue weighted by Crippen LogP contribution is -2.48. The van der Waals surface area contributed by atoms with E-state index < -0.39 is 23.8 Å². The second kappa shape index (κ2) is 7.63. The largest absolute Gasteiger partial charge is 0.466 e. The van der Waals surface area contributed by atoms with Gasteiger partial charge in [0, 0.05) is 11.4 Å². The van der Waals surface area contributed by atoms with Crippen molar-refractivity contribution >= 4 is 29.0 Å². The summed E-state index contributed by atoms with van der Waals surface area (Å²) >= 11 is 5.42. The minimum absolute atomic E-state index is 0.0663. The quantitative estimate of drug-likeness (QED) is 0.597. The summed E-state index contributed by atoms with van der Waals surface area (Å²) in [6.07, 6.45) is -4.58. The molecule has 0 saturated carbocycles. The first-order valence-electron chi connectivity index (χ1n) is 8.36. The Morgan fingerprint density at radius 1 is 1.11 bits per heavy atom. The number of allylic oxidation sites excluding steroid dienone is 1. The molecule has 8 heteroatoms. The zero-order valence-electron chi connectivity index (χ0n) is 15.1. The maximum atomic E-state index is 13.5. The molecule has 28 heavy (non-hydrogen) atoms. The van der Waals surface area contributed by atoms with E-state index in [-0.39, 0.29) is 16.2 Å². The molecule has 0 aliphatic carbocycles. The number of hydrogen-bond acceptors (Lipinski definition) is 3. The molecule has 0 bridgehead atoms. The molecule has 2 aromatic carbocycles. The Labute approximate surface area is 165 Å². The molecule has 0 spiro atoms. The average Bonchev–Trinajstić information content (AvgIpc) is 2.67. The number of nitrogens with zero attached hydrogens (tertiary/aromatic N) is 1. The van der Waals surface area contributed by atoms with E-state index in [9.17, 15) is 18.0 Å². The van der Waals surface area contributed by atoms with Gasteiger partial charge < -0.3 is 10.1 Å². The lowest BCUT2D eigenvalue weighted by Gasteiger charge is -2.38. The molecule has 146 valence electrons. The highest BCUT2D eigenvalue weighted by atomic mass is 32.1. The maximum absolute atomic E-state index is 13.5. The van der Waals surface area contributed by atoms with Crippen LogP contribution in [0.2, 0.25) is 0 Å². The summed E-state index contributed by atoms with van der Waals surface area (Å²) in [5, 5.41) is 3.08. The normalized spacial score (nSPS) is 17.4. The van der Waals surface area contributed by atoms with E-state index in [0.717, 1.165) is 6.07 Å². The molecule has 0 fully saturated rings. The van der Waals surface area contributed by atoms with Gasteiger partial charge in [-0.25, -0.2) is 4.79 Å². The number of carbonyl (C=O) groups excluding carboxylic acids is 1.